The Morgan fingerprint density at radius 3 is 2.31 bits per heavy atom. The summed E-state index contributed by atoms with van der Waals surface area (Å²) in [6, 6.07) is 8.17. The van der Waals surface area contributed by atoms with E-state index in [4.69, 9.17) is 9.47 Å². The largest absolute Gasteiger partial charge is 0.480 e. The lowest BCUT2D eigenvalue weighted by Crippen LogP contribution is -2.51. The van der Waals surface area contributed by atoms with E-state index in [1.807, 2.05) is 63.2 Å². The normalized spacial score (nSPS) is 21.4. The Hall–Kier alpha value is -3.76. The van der Waals surface area contributed by atoms with Gasteiger partial charge in [-0.05, 0) is 70.7 Å². The highest BCUT2D eigenvalue weighted by Crippen LogP contribution is 2.38. The Bertz CT molecular complexity index is 1220. The van der Waals surface area contributed by atoms with Crippen molar-refractivity contribution >= 4 is 11.9 Å². The Morgan fingerprint density at radius 2 is 1.72 bits per heavy atom. The lowest BCUT2D eigenvalue weighted by molar-refractivity contribution is 0.00682. The third-order valence-electron chi connectivity index (χ3n) is 6.55. The summed E-state index contributed by atoms with van der Waals surface area (Å²) >= 11 is 0. The van der Waals surface area contributed by atoms with Crippen LogP contribution in [0.4, 0.5) is 10.6 Å². The molecule has 0 aliphatic carbocycles. The molecule has 2 aliphatic heterocycles. The average molecular weight is 493 g/mol. The van der Waals surface area contributed by atoms with Gasteiger partial charge in [-0.15, -0.1) is 15.3 Å². The van der Waals surface area contributed by atoms with Crippen molar-refractivity contribution < 1.29 is 14.3 Å². The van der Waals surface area contributed by atoms with Crippen molar-refractivity contribution in [2.45, 2.75) is 70.2 Å². The molecule has 11 nitrogen and oxygen atoms in total. The Kier molecular flexibility index (Phi) is 6.23. The van der Waals surface area contributed by atoms with Crippen LogP contribution in [-0.4, -0.2) is 72.0 Å². The number of carbonyl (C=O) groups is 1. The van der Waals surface area contributed by atoms with Gasteiger partial charge < -0.3 is 19.7 Å². The number of hydrogen-bond donors (Lipinski definition) is 1. The minimum Gasteiger partial charge on any atom is -0.480 e. The summed E-state index contributed by atoms with van der Waals surface area (Å²) in [7, 11) is 3.39. The average Bonchev–Trinajstić information content (AvgIpc) is 3.38. The van der Waals surface area contributed by atoms with Gasteiger partial charge in [-0.2, -0.15) is 0 Å². The molecule has 2 aliphatic rings. The van der Waals surface area contributed by atoms with Crippen molar-refractivity contribution in [3.8, 4) is 28.5 Å². The predicted molar refractivity (Wildman–Crippen MR) is 133 cm³/mol. The van der Waals surface area contributed by atoms with Crippen LogP contribution in [0.3, 0.4) is 0 Å². The molecule has 5 rings (SSSR count). The molecule has 2 saturated heterocycles. The molecule has 2 fully saturated rings. The number of rotatable bonds is 5. The standard InChI is InChI=1S/C25H32N8O3/c1-25(2,3)36-24(34)33-16-6-7-17(33)13-15(12-16)26-22-11-10-20(28-30-22)19-9-8-18(23(27-19)35-5)21-14-32(4)31-29-21/h8-11,14-17H,6-7,12-13H2,1-5H3,(H,26,30). The van der Waals surface area contributed by atoms with E-state index < -0.39 is 5.60 Å². The summed E-state index contributed by atoms with van der Waals surface area (Å²) in [5.74, 6) is 1.15. The van der Waals surface area contributed by atoms with E-state index in [9.17, 15) is 4.79 Å². The van der Waals surface area contributed by atoms with Gasteiger partial charge >= 0.3 is 6.09 Å². The number of methoxy groups -OCH3 is 1. The van der Waals surface area contributed by atoms with E-state index in [0.29, 0.717) is 28.8 Å². The van der Waals surface area contributed by atoms with Gasteiger partial charge in [0.15, 0.2) is 0 Å². The molecule has 1 N–H and O–H groups in total. The summed E-state index contributed by atoms with van der Waals surface area (Å²) in [6.07, 6.45) is 5.34. The fourth-order valence-electron chi connectivity index (χ4n) is 5.07. The zero-order valence-corrected chi connectivity index (χ0v) is 21.3. The number of ether oxygens (including phenoxy) is 2. The van der Waals surface area contributed by atoms with E-state index >= 15 is 0 Å². The van der Waals surface area contributed by atoms with Crippen molar-refractivity contribution in [1.29, 1.82) is 0 Å². The molecule has 36 heavy (non-hydrogen) atoms. The molecule has 2 bridgehead atoms. The van der Waals surface area contributed by atoms with Crippen LogP contribution in [0.25, 0.3) is 22.6 Å². The molecule has 0 saturated carbocycles. The molecule has 0 radical (unpaired) electrons. The van der Waals surface area contributed by atoms with Crippen LogP contribution in [0.15, 0.2) is 30.5 Å². The number of piperidine rings is 1. The van der Waals surface area contributed by atoms with E-state index in [-0.39, 0.29) is 24.2 Å². The molecule has 3 aromatic rings. The highest BCUT2D eigenvalue weighted by atomic mass is 16.6. The number of nitrogens with zero attached hydrogens (tertiary/aromatic N) is 7. The molecule has 2 unspecified atom stereocenters. The number of anilines is 1. The first-order valence-corrected chi connectivity index (χ1v) is 12.2. The maximum Gasteiger partial charge on any atom is 0.410 e. The summed E-state index contributed by atoms with van der Waals surface area (Å²) < 4.78 is 12.8. The third-order valence-corrected chi connectivity index (χ3v) is 6.55. The van der Waals surface area contributed by atoms with Gasteiger partial charge in [0.05, 0.1) is 24.6 Å². The maximum atomic E-state index is 12.7. The van der Waals surface area contributed by atoms with Crippen molar-refractivity contribution in [3.63, 3.8) is 0 Å². The highest BCUT2D eigenvalue weighted by molar-refractivity contribution is 5.70. The van der Waals surface area contributed by atoms with Gasteiger partial charge in [-0.25, -0.2) is 9.78 Å². The van der Waals surface area contributed by atoms with E-state index in [2.05, 4.69) is 30.8 Å². The molecule has 11 heteroatoms. The summed E-state index contributed by atoms with van der Waals surface area (Å²) in [5.41, 5.74) is 2.25. The number of nitrogens with one attached hydrogen (secondary N) is 1. The number of aromatic nitrogens is 6. The number of fused-ring (bicyclic) bond motifs is 2. The van der Waals surface area contributed by atoms with Crippen molar-refractivity contribution in [2.75, 3.05) is 12.4 Å². The lowest BCUT2D eigenvalue weighted by atomic mass is 9.97. The van der Waals surface area contributed by atoms with Crippen LogP contribution in [-0.2, 0) is 11.8 Å². The summed E-state index contributed by atoms with van der Waals surface area (Å²) in [6.45, 7) is 5.71. The third kappa shape index (κ3) is 4.95. The van der Waals surface area contributed by atoms with Gasteiger partial charge in [0.2, 0.25) is 5.88 Å². The molecule has 0 spiro atoms. The second-order valence-corrected chi connectivity index (χ2v) is 10.4. The van der Waals surface area contributed by atoms with E-state index in [1.165, 1.54) is 0 Å². The smallest absolute Gasteiger partial charge is 0.410 e. The topological polar surface area (TPSA) is 120 Å². The Labute approximate surface area is 210 Å². The van der Waals surface area contributed by atoms with Crippen molar-refractivity contribution in [3.05, 3.63) is 30.5 Å². The maximum absolute atomic E-state index is 12.7. The monoisotopic (exact) mass is 492 g/mol. The van der Waals surface area contributed by atoms with Crippen LogP contribution in [0.5, 0.6) is 5.88 Å². The minimum absolute atomic E-state index is 0.188. The minimum atomic E-state index is -0.488. The molecule has 190 valence electrons. The number of amides is 1. The number of carbonyl (C=O) groups excluding carboxylic acids is 1. The quantitative estimate of drug-likeness (QED) is 0.568. The zero-order valence-electron chi connectivity index (χ0n) is 21.3. The molecule has 1 amide bonds. The molecular weight excluding hydrogens is 460 g/mol. The molecule has 2 atom stereocenters. The fourth-order valence-corrected chi connectivity index (χ4v) is 5.07. The second-order valence-electron chi connectivity index (χ2n) is 10.4. The number of aryl methyl sites for hydroxylation is 1. The Balaban J connectivity index is 1.25. The van der Waals surface area contributed by atoms with Crippen LogP contribution in [0.1, 0.15) is 46.5 Å². The van der Waals surface area contributed by atoms with E-state index in [0.717, 1.165) is 31.2 Å². The van der Waals surface area contributed by atoms with Gasteiger partial charge in [-0.1, -0.05) is 5.21 Å². The van der Waals surface area contributed by atoms with Crippen LogP contribution < -0.4 is 10.1 Å². The molecular formula is C25H32N8O3. The van der Waals surface area contributed by atoms with Gasteiger partial charge in [0.1, 0.15) is 22.8 Å². The molecule has 0 aromatic carbocycles. The van der Waals surface area contributed by atoms with Crippen LogP contribution >= 0.6 is 0 Å². The number of pyridine rings is 1. The van der Waals surface area contributed by atoms with Crippen molar-refractivity contribution in [1.82, 2.24) is 35.1 Å². The van der Waals surface area contributed by atoms with Crippen LogP contribution in [0, 0.1) is 0 Å². The first-order valence-electron chi connectivity index (χ1n) is 12.2. The SMILES string of the molecule is COc1nc(-c2ccc(NC3CC4CCC(C3)N4C(=O)OC(C)(C)C)nn2)ccc1-c1cn(C)nn1. The predicted octanol–water partition coefficient (Wildman–Crippen LogP) is 3.69. The van der Waals surface area contributed by atoms with Gasteiger partial charge in [0.25, 0.3) is 0 Å². The first kappa shape index (κ1) is 24.0. The Morgan fingerprint density at radius 1 is 1.00 bits per heavy atom. The molecule has 3 aromatic heterocycles. The van der Waals surface area contributed by atoms with Crippen molar-refractivity contribution in [2.24, 2.45) is 7.05 Å². The fraction of sp³-hybridized carbons (Fsp3) is 0.520. The number of hydrogen-bond acceptors (Lipinski definition) is 9. The van der Waals surface area contributed by atoms with Crippen LogP contribution in [0.2, 0.25) is 0 Å². The second kappa shape index (κ2) is 9.36. The highest BCUT2D eigenvalue weighted by Gasteiger charge is 2.44. The first-order chi connectivity index (χ1) is 17.2. The lowest BCUT2D eigenvalue weighted by Gasteiger charge is -2.39. The van der Waals surface area contributed by atoms with Gasteiger partial charge in [0, 0.05) is 25.2 Å². The zero-order chi connectivity index (χ0) is 25.4. The summed E-state index contributed by atoms with van der Waals surface area (Å²) in [4.78, 5) is 19.2. The molecule has 5 heterocycles. The van der Waals surface area contributed by atoms with Gasteiger partial charge in [-0.3, -0.25) is 4.68 Å². The van der Waals surface area contributed by atoms with E-state index in [1.54, 1.807) is 11.8 Å². The summed E-state index contributed by atoms with van der Waals surface area (Å²) in [5, 5.41) is 20.4.